The Morgan fingerprint density at radius 1 is 1.36 bits per heavy atom. The van der Waals surface area contributed by atoms with Crippen molar-refractivity contribution in [3.05, 3.63) is 12.7 Å². The van der Waals surface area contributed by atoms with Crippen molar-refractivity contribution in [2.24, 2.45) is 0 Å². The van der Waals surface area contributed by atoms with Crippen LogP contribution in [0.4, 0.5) is 0 Å². The normalized spacial score (nSPS) is 9.21. The van der Waals surface area contributed by atoms with Crippen molar-refractivity contribution in [3.8, 4) is 0 Å². The molecule has 0 atom stereocenters. The number of hydrogen-bond donors (Lipinski definition) is 0. The summed E-state index contributed by atoms with van der Waals surface area (Å²) in [5.74, 6) is -0.373. The first-order valence-corrected chi connectivity index (χ1v) is 4.20. The lowest BCUT2D eigenvalue weighted by Crippen LogP contribution is -2.22. The zero-order valence-corrected chi connectivity index (χ0v) is 9.53. The molecule has 0 aromatic carbocycles. The molecule has 0 rings (SSSR count). The average molecular weight is 201 g/mol. The molecule has 1 amide bonds. The van der Waals surface area contributed by atoms with Gasteiger partial charge in [-0.2, -0.15) is 0 Å². The van der Waals surface area contributed by atoms with Crippen LogP contribution in [0, 0.1) is 0 Å². The number of carbonyl (C=O) groups is 2. The van der Waals surface area contributed by atoms with E-state index in [2.05, 4.69) is 6.58 Å². The maximum atomic E-state index is 10.5. The van der Waals surface area contributed by atoms with E-state index in [1.807, 2.05) is 20.8 Å². The van der Waals surface area contributed by atoms with Crippen LogP contribution in [0.15, 0.2) is 12.7 Å². The molecule has 0 N–H and O–H groups in total. The van der Waals surface area contributed by atoms with Gasteiger partial charge in [-0.3, -0.25) is 4.79 Å². The molecule has 0 aromatic heterocycles. The predicted molar refractivity (Wildman–Crippen MR) is 55.8 cm³/mol. The molecule has 0 saturated carbocycles. The maximum Gasteiger partial charge on any atom is 0.330 e. The number of hydrogen-bond acceptors (Lipinski definition) is 3. The summed E-state index contributed by atoms with van der Waals surface area (Å²) in [7, 11) is 3.38. The first-order valence-electron chi connectivity index (χ1n) is 4.20. The molecule has 4 nitrogen and oxygen atoms in total. The fraction of sp³-hybridized carbons (Fsp3) is 0.600. The zero-order valence-electron chi connectivity index (χ0n) is 9.53. The highest BCUT2D eigenvalue weighted by atomic mass is 16.6. The predicted octanol–water partition coefficient (Wildman–Crippen LogP) is 1.22. The van der Waals surface area contributed by atoms with E-state index in [0.29, 0.717) is 0 Å². The third-order valence-electron chi connectivity index (χ3n) is 0.784. The molecule has 0 aromatic rings. The van der Waals surface area contributed by atoms with Crippen molar-refractivity contribution in [1.82, 2.24) is 4.90 Å². The monoisotopic (exact) mass is 201 g/mol. The van der Waals surface area contributed by atoms with Crippen molar-refractivity contribution in [3.63, 3.8) is 0 Å². The summed E-state index contributed by atoms with van der Waals surface area (Å²) in [6.45, 7) is 8.71. The quantitative estimate of drug-likeness (QED) is 0.383. The van der Waals surface area contributed by atoms with Gasteiger partial charge in [-0.1, -0.05) is 6.58 Å². The van der Waals surface area contributed by atoms with Crippen LogP contribution in [0.25, 0.3) is 0 Å². The summed E-state index contributed by atoms with van der Waals surface area (Å²) in [6, 6.07) is 0. The smallest absolute Gasteiger partial charge is 0.330 e. The van der Waals surface area contributed by atoms with Crippen LogP contribution in [0.2, 0.25) is 0 Å². The molecule has 0 saturated heterocycles. The minimum Gasteiger partial charge on any atom is -0.457 e. The van der Waals surface area contributed by atoms with Gasteiger partial charge in [-0.15, -0.1) is 0 Å². The second-order valence-electron chi connectivity index (χ2n) is 3.81. The van der Waals surface area contributed by atoms with Crippen molar-refractivity contribution in [1.29, 1.82) is 0 Å². The fourth-order valence-electron chi connectivity index (χ4n) is 0.343. The maximum absolute atomic E-state index is 10.5. The highest BCUT2D eigenvalue weighted by Crippen LogP contribution is 2.06. The number of nitrogens with zero attached hydrogens (tertiary/aromatic N) is 1. The Balaban J connectivity index is 0. The van der Waals surface area contributed by atoms with E-state index in [1.54, 1.807) is 14.1 Å². The minimum absolute atomic E-state index is 0.373. The Labute approximate surface area is 85.5 Å². The molecular formula is C10H19NO3. The molecule has 0 unspecified atom stereocenters. The molecular weight excluding hydrogens is 182 g/mol. The van der Waals surface area contributed by atoms with Gasteiger partial charge < -0.3 is 9.64 Å². The van der Waals surface area contributed by atoms with Crippen LogP contribution in [0.5, 0.6) is 0 Å². The van der Waals surface area contributed by atoms with Gasteiger partial charge in [0.25, 0.3) is 0 Å². The van der Waals surface area contributed by atoms with E-state index >= 15 is 0 Å². The van der Waals surface area contributed by atoms with Gasteiger partial charge in [0.15, 0.2) is 0 Å². The number of amides is 1. The number of ether oxygens (including phenoxy) is 1. The minimum atomic E-state index is -0.398. The lowest BCUT2D eigenvalue weighted by molar-refractivity contribution is -0.148. The van der Waals surface area contributed by atoms with E-state index in [-0.39, 0.29) is 5.97 Å². The van der Waals surface area contributed by atoms with Crippen LogP contribution in [0.1, 0.15) is 20.8 Å². The molecule has 0 fully saturated rings. The Morgan fingerprint density at radius 3 is 1.79 bits per heavy atom. The van der Waals surface area contributed by atoms with E-state index in [9.17, 15) is 9.59 Å². The summed E-state index contributed by atoms with van der Waals surface area (Å²) in [5.41, 5.74) is -0.398. The Hall–Kier alpha value is -1.32. The average Bonchev–Trinajstić information content (AvgIpc) is 2.02. The fourth-order valence-corrected chi connectivity index (χ4v) is 0.343. The lowest BCUT2D eigenvalue weighted by Gasteiger charge is -2.17. The molecule has 0 aliphatic rings. The molecule has 0 aliphatic heterocycles. The second-order valence-corrected chi connectivity index (χ2v) is 3.81. The van der Waals surface area contributed by atoms with E-state index in [4.69, 9.17) is 4.74 Å². The van der Waals surface area contributed by atoms with E-state index in [1.165, 1.54) is 4.90 Å². The SMILES string of the molecule is C=CC(=O)OC(C)(C)C.CN(C)C=O. The van der Waals surface area contributed by atoms with Crippen molar-refractivity contribution < 1.29 is 14.3 Å². The van der Waals surface area contributed by atoms with Crippen molar-refractivity contribution >= 4 is 12.4 Å². The van der Waals surface area contributed by atoms with E-state index < -0.39 is 5.60 Å². The zero-order chi connectivity index (χ0) is 11.8. The largest absolute Gasteiger partial charge is 0.457 e. The lowest BCUT2D eigenvalue weighted by atomic mass is 10.2. The topological polar surface area (TPSA) is 46.6 Å². The van der Waals surface area contributed by atoms with Crippen LogP contribution in [-0.2, 0) is 14.3 Å². The van der Waals surface area contributed by atoms with Gasteiger partial charge in [0.2, 0.25) is 6.41 Å². The summed E-state index contributed by atoms with van der Waals surface area (Å²) in [4.78, 5) is 21.4. The molecule has 0 radical (unpaired) electrons. The van der Waals surface area contributed by atoms with Gasteiger partial charge >= 0.3 is 5.97 Å². The Kier molecular flexibility index (Phi) is 7.71. The first kappa shape index (κ1) is 15.2. The number of carbonyl (C=O) groups excluding carboxylic acids is 2. The highest BCUT2D eigenvalue weighted by Gasteiger charge is 2.12. The molecule has 4 heteroatoms. The second kappa shape index (κ2) is 7.12. The molecule has 0 heterocycles. The molecule has 82 valence electrons. The van der Waals surface area contributed by atoms with Gasteiger partial charge in [0, 0.05) is 20.2 Å². The first-order chi connectivity index (χ1) is 6.22. The van der Waals surface area contributed by atoms with Crippen LogP contribution < -0.4 is 0 Å². The van der Waals surface area contributed by atoms with Gasteiger partial charge in [-0.05, 0) is 20.8 Å². The summed E-state index contributed by atoms with van der Waals surface area (Å²) in [5, 5.41) is 0. The van der Waals surface area contributed by atoms with E-state index in [0.717, 1.165) is 12.5 Å². The summed E-state index contributed by atoms with van der Waals surface area (Å²) >= 11 is 0. The van der Waals surface area contributed by atoms with Crippen LogP contribution >= 0.6 is 0 Å². The van der Waals surface area contributed by atoms with Crippen LogP contribution in [-0.4, -0.2) is 37.0 Å². The summed E-state index contributed by atoms with van der Waals surface area (Å²) < 4.78 is 4.83. The van der Waals surface area contributed by atoms with Crippen molar-refractivity contribution in [2.45, 2.75) is 26.4 Å². The molecule has 0 bridgehead atoms. The third kappa shape index (κ3) is 17.0. The van der Waals surface area contributed by atoms with Gasteiger partial charge in [-0.25, -0.2) is 4.79 Å². The van der Waals surface area contributed by atoms with Crippen LogP contribution in [0.3, 0.4) is 0 Å². The molecule has 0 spiro atoms. The Morgan fingerprint density at radius 2 is 1.71 bits per heavy atom. The molecule has 14 heavy (non-hydrogen) atoms. The van der Waals surface area contributed by atoms with Crippen molar-refractivity contribution in [2.75, 3.05) is 14.1 Å². The number of rotatable bonds is 2. The summed E-state index contributed by atoms with van der Waals surface area (Å²) in [6.07, 6.45) is 1.91. The molecule has 0 aliphatic carbocycles. The third-order valence-corrected chi connectivity index (χ3v) is 0.784. The highest BCUT2D eigenvalue weighted by molar-refractivity contribution is 5.81. The van der Waals surface area contributed by atoms with Gasteiger partial charge in [0.05, 0.1) is 0 Å². The standard InChI is InChI=1S/C7H12O2.C3H7NO/c1-5-6(8)9-7(2,3)4;1-4(2)3-5/h5H,1H2,2-4H3;3H,1-2H3. The Bertz CT molecular complexity index is 192. The number of esters is 1. The van der Waals surface area contributed by atoms with Gasteiger partial charge in [0.1, 0.15) is 5.60 Å².